The maximum Gasteiger partial charge on any atom is 0.338 e. The number of hydrogen-bond donors (Lipinski definition) is 1. The fourth-order valence-corrected chi connectivity index (χ4v) is 3.01. The van der Waals surface area contributed by atoms with Crippen LogP contribution in [0.2, 0.25) is 0 Å². The smallest absolute Gasteiger partial charge is 0.338 e. The lowest BCUT2D eigenvalue weighted by Gasteiger charge is -2.00. The topological polar surface area (TPSA) is 75.8 Å². The average Bonchev–Trinajstić information content (AvgIpc) is 2.71. The van der Waals surface area contributed by atoms with Crippen LogP contribution in [0, 0.1) is 0 Å². The molecular formula is C14H11NO4S. The van der Waals surface area contributed by atoms with Gasteiger partial charge in [0.15, 0.2) is 9.84 Å². The summed E-state index contributed by atoms with van der Waals surface area (Å²) in [5.74, 6) is -1.03. The van der Waals surface area contributed by atoms with Crippen molar-refractivity contribution in [2.24, 2.45) is 0 Å². The molecule has 0 aliphatic rings. The second kappa shape index (κ2) is 4.08. The Balaban J connectivity index is 2.54. The van der Waals surface area contributed by atoms with Gasteiger partial charge in [0.05, 0.1) is 21.5 Å². The van der Waals surface area contributed by atoms with Crippen LogP contribution in [-0.2, 0) is 9.84 Å². The van der Waals surface area contributed by atoms with E-state index < -0.39 is 15.8 Å². The molecule has 0 fully saturated rings. The number of aromatic nitrogens is 1. The van der Waals surface area contributed by atoms with E-state index in [2.05, 4.69) is 0 Å². The molecule has 0 amide bonds. The van der Waals surface area contributed by atoms with E-state index in [-0.39, 0.29) is 10.5 Å². The number of carboxylic acid groups (broad SMARTS) is 1. The summed E-state index contributed by atoms with van der Waals surface area (Å²) in [5.41, 5.74) is 1.29. The summed E-state index contributed by atoms with van der Waals surface area (Å²) < 4.78 is 24.9. The number of sulfone groups is 1. The minimum atomic E-state index is -3.33. The lowest BCUT2D eigenvalue weighted by molar-refractivity contribution is 0.0701. The maximum absolute atomic E-state index is 11.6. The van der Waals surface area contributed by atoms with Gasteiger partial charge in [0.2, 0.25) is 0 Å². The average molecular weight is 289 g/mol. The minimum Gasteiger partial charge on any atom is -0.478 e. The summed E-state index contributed by atoms with van der Waals surface area (Å²) in [4.78, 5) is 11.6. The summed E-state index contributed by atoms with van der Waals surface area (Å²) >= 11 is 0. The monoisotopic (exact) mass is 289 g/mol. The molecule has 102 valence electrons. The molecule has 2 aromatic heterocycles. The van der Waals surface area contributed by atoms with Crippen LogP contribution in [0.3, 0.4) is 0 Å². The van der Waals surface area contributed by atoms with Gasteiger partial charge in [0.25, 0.3) is 0 Å². The van der Waals surface area contributed by atoms with Gasteiger partial charge in [-0.15, -0.1) is 0 Å². The second-order valence-electron chi connectivity index (χ2n) is 4.59. The molecule has 0 bridgehead atoms. The van der Waals surface area contributed by atoms with Gasteiger partial charge in [0.1, 0.15) is 0 Å². The minimum absolute atomic E-state index is 0.171. The summed E-state index contributed by atoms with van der Waals surface area (Å²) in [7, 11) is -3.33. The first kappa shape index (κ1) is 12.7. The van der Waals surface area contributed by atoms with Crippen molar-refractivity contribution in [3.8, 4) is 0 Å². The summed E-state index contributed by atoms with van der Waals surface area (Å²) in [5, 5.41) is 9.89. The second-order valence-corrected chi connectivity index (χ2v) is 6.60. The lowest BCUT2D eigenvalue weighted by atomic mass is 10.1. The molecule has 3 aromatic rings. The van der Waals surface area contributed by atoms with Gasteiger partial charge in [-0.2, -0.15) is 0 Å². The van der Waals surface area contributed by atoms with Gasteiger partial charge in [-0.25, -0.2) is 13.2 Å². The highest BCUT2D eigenvalue weighted by Crippen LogP contribution is 2.28. The normalized spacial score (nSPS) is 12.1. The standard InChI is InChI=1S/C14H11NO4S/c1-20(18,19)9-5-6-10-12(8-9)15-7-3-2-4-11(15)13(10)14(16)17/h2-8H,1H3,(H,16,17). The van der Waals surface area contributed by atoms with Crippen LogP contribution in [0.4, 0.5) is 0 Å². The van der Waals surface area contributed by atoms with Gasteiger partial charge < -0.3 is 9.51 Å². The molecule has 0 atom stereocenters. The Hall–Kier alpha value is -2.34. The number of pyridine rings is 1. The molecule has 6 heteroatoms. The van der Waals surface area contributed by atoms with Crippen molar-refractivity contribution in [1.29, 1.82) is 0 Å². The lowest BCUT2D eigenvalue weighted by Crippen LogP contribution is -1.97. The first-order chi connectivity index (χ1) is 9.39. The van der Waals surface area contributed by atoms with Crippen LogP contribution in [0.15, 0.2) is 47.5 Å². The predicted octanol–water partition coefficient (Wildman–Crippen LogP) is 2.19. The molecule has 0 unspecified atom stereocenters. The molecule has 2 heterocycles. The quantitative estimate of drug-likeness (QED) is 0.784. The molecular weight excluding hydrogens is 278 g/mol. The zero-order valence-electron chi connectivity index (χ0n) is 10.6. The highest BCUT2D eigenvalue weighted by molar-refractivity contribution is 7.90. The Kier molecular flexibility index (Phi) is 2.58. The summed E-state index contributed by atoms with van der Waals surface area (Å²) in [6, 6.07) is 9.70. The van der Waals surface area contributed by atoms with Crippen molar-refractivity contribution in [3.05, 3.63) is 48.2 Å². The van der Waals surface area contributed by atoms with E-state index in [1.807, 2.05) is 0 Å². The van der Waals surface area contributed by atoms with Crippen LogP contribution in [0.1, 0.15) is 10.4 Å². The Labute approximate surface area is 115 Å². The van der Waals surface area contributed by atoms with Crippen molar-refractivity contribution in [3.63, 3.8) is 0 Å². The number of fused-ring (bicyclic) bond motifs is 3. The van der Waals surface area contributed by atoms with E-state index in [0.717, 1.165) is 6.26 Å². The number of rotatable bonds is 2. The van der Waals surface area contributed by atoms with E-state index in [9.17, 15) is 18.3 Å². The SMILES string of the molecule is CS(=O)(=O)c1ccc2c(C(=O)O)c3ccccn3c2c1. The van der Waals surface area contributed by atoms with E-state index in [0.29, 0.717) is 16.4 Å². The van der Waals surface area contributed by atoms with Crippen molar-refractivity contribution in [2.45, 2.75) is 4.90 Å². The van der Waals surface area contributed by atoms with Crippen LogP contribution < -0.4 is 0 Å². The Bertz CT molecular complexity index is 954. The first-order valence-electron chi connectivity index (χ1n) is 5.86. The van der Waals surface area contributed by atoms with Crippen molar-refractivity contribution < 1.29 is 18.3 Å². The summed E-state index contributed by atoms with van der Waals surface area (Å²) in [6.45, 7) is 0. The molecule has 0 saturated carbocycles. The molecule has 0 saturated heterocycles. The molecule has 0 spiro atoms. The number of carbonyl (C=O) groups is 1. The molecule has 1 N–H and O–H groups in total. The number of aromatic carboxylic acids is 1. The fraction of sp³-hybridized carbons (Fsp3) is 0.0714. The zero-order chi connectivity index (χ0) is 14.5. The van der Waals surface area contributed by atoms with Gasteiger partial charge in [-0.3, -0.25) is 0 Å². The number of hydrogen-bond acceptors (Lipinski definition) is 3. The third-order valence-corrected chi connectivity index (χ3v) is 4.37. The number of nitrogens with zero attached hydrogens (tertiary/aromatic N) is 1. The highest BCUT2D eigenvalue weighted by Gasteiger charge is 2.18. The highest BCUT2D eigenvalue weighted by atomic mass is 32.2. The van der Waals surface area contributed by atoms with Gasteiger partial charge in [0, 0.05) is 17.8 Å². The molecule has 5 nitrogen and oxygen atoms in total. The number of carboxylic acids is 1. The maximum atomic E-state index is 11.6. The van der Waals surface area contributed by atoms with Crippen LogP contribution in [-0.4, -0.2) is 30.2 Å². The van der Waals surface area contributed by atoms with Gasteiger partial charge in [-0.1, -0.05) is 12.1 Å². The predicted molar refractivity (Wildman–Crippen MR) is 75.0 cm³/mol. The molecule has 1 aromatic carbocycles. The fourth-order valence-electron chi connectivity index (χ4n) is 2.37. The molecule has 0 aliphatic heterocycles. The van der Waals surface area contributed by atoms with E-state index >= 15 is 0 Å². The van der Waals surface area contributed by atoms with Crippen molar-refractivity contribution in [2.75, 3.05) is 6.26 Å². The molecule has 0 aliphatic carbocycles. The third-order valence-electron chi connectivity index (χ3n) is 3.26. The Morgan fingerprint density at radius 1 is 1.15 bits per heavy atom. The van der Waals surface area contributed by atoms with Crippen LogP contribution in [0.5, 0.6) is 0 Å². The molecule has 20 heavy (non-hydrogen) atoms. The molecule has 3 rings (SSSR count). The van der Waals surface area contributed by atoms with Crippen molar-refractivity contribution >= 4 is 32.2 Å². The Morgan fingerprint density at radius 3 is 2.55 bits per heavy atom. The molecule has 0 radical (unpaired) electrons. The van der Waals surface area contributed by atoms with E-state index in [1.165, 1.54) is 12.1 Å². The largest absolute Gasteiger partial charge is 0.478 e. The number of benzene rings is 1. The van der Waals surface area contributed by atoms with Crippen LogP contribution in [0.25, 0.3) is 16.4 Å². The third kappa shape index (κ3) is 1.77. The Morgan fingerprint density at radius 2 is 1.90 bits per heavy atom. The van der Waals surface area contributed by atoms with Gasteiger partial charge in [-0.05, 0) is 24.3 Å². The van der Waals surface area contributed by atoms with Crippen molar-refractivity contribution in [1.82, 2.24) is 4.40 Å². The van der Waals surface area contributed by atoms with Crippen LogP contribution >= 0.6 is 0 Å². The summed E-state index contributed by atoms with van der Waals surface area (Å²) in [6.07, 6.45) is 2.85. The first-order valence-corrected chi connectivity index (χ1v) is 7.75. The van der Waals surface area contributed by atoms with E-state index in [1.54, 1.807) is 34.9 Å². The van der Waals surface area contributed by atoms with E-state index in [4.69, 9.17) is 0 Å². The zero-order valence-corrected chi connectivity index (χ0v) is 11.4. The van der Waals surface area contributed by atoms with Gasteiger partial charge >= 0.3 is 5.97 Å².